The summed E-state index contributed by atoms with van der Waals surface area (Å²) in [6.07, 6.45) is 3.25. The molecule has 1 heteroatoms. The number of rotatable bonds is 0. The number of benzene rings is 2. The Morgan fingerprint density at radius 3 is 2.50 bits per heavy atom. The molecule has 1 aliphatic carbocycles. The molecule has 0 saturated carbocycles. The Kier molecular flexibility index (Phi) is 1.74. The van der Waals surface area contributed by atoms with E-state index in [9.17, 15) is 0 Å². The van der Waals surface area contributed by atoms with Gasteiger partial charge in [-0.05, 0) is 34.0 Å². The summed E-state index contributed by atoms with van der Waals surface area (Å²) in [7, 11) is 0. The van der Waals surface area contributed by atoms with Crippen molar-refractivity contribution in [2.24, 2.45) is 0 Å². The lowest BCUT2D eigenvalue weighted by molar-refractivity contribution is 1.31. The van der Waals surface area contributed by atoms with Crippen molar-refractivity contribution in [2.75, 3.05) is 0 Å². The zero-order valence-electron chi connectivity index (χ0n) is 7.63. The summed E-state index contributed by atoms with van der Waals surface area (Å²) >= 11 is 3.55. The lowest BCUT2D eigenvalue weighted by Gasteiger charge is -2.02. The molecule has 0 heterocycles. The van der Waals surface area contributed by atoms with Crippen LogP contribution < -0.4 is 0 Å². The van der Waals surface area contributed by atoms with Gasteiger partial charge in [-0.1, -0.05) is 46.3 Å². The van der Waals surface area contributed by atoms with E-state index < -0.39 is 0 Å². The summed E-state index contributed by atoms with van der Waals surface area (Å²) in [4.78, 5) is 0. The maximum Gasteiger partial charge on any atom is 0.00470 e. The second-order valence-corrected chi connectivity index (χ2v) is 4.68. The van der Waals surface area contributed by atoms with E-state index in [4.69, 9.17) is 0 Å². The topological polar surface area (TPSA) is 0 Å². The first-order chi connectivity index (χ1) is 6.83. The van der Waals surface area contributed by atoms with E-state index in [0.29, 0.717) is 0 Å². The van der Waals surface area contributed by atoms with Gasteiger partial charge in [-0.15, -0.1) is 0 Å². The maximum atomic E-state index is 3.55. The fourth-order valence-corrected chi connectivity index (χ4v) is 2.54. The van der Waals surface area contributed by atoms with Crippen LogP contribution in [0, 0.1) is 0 Å². The molecule has 0 fully saturated rings. The lowest BCUT2D eigenvalue weighted by atomic mass is 10.0. The zero-order valence-corrected chi connectivity index (χ0v) is 9.21. The minimum atomic E-state index is 1.04. The Morgan fingerprint density at radius 2 is 1.71 bits per heavy atom. The van der Waals surface area contributed by atoms with E-state index >= 15 is 0 Å². The number of hydrogen-bond acceptors (Lipinski definition) is 0. The van der Waals surface area contributed by atoms with Crippen molar-refractivity contribution in [2.45, 2.75) is 6.42 Å². The predicted octanol–water partition coefficient (Wildman–Crippen LogP) is 4.13. The van der Waals surface area contributed by atoms with Crippen LogP contribution in [0.5, 0.6) is 0 Å². The molecule has 0 unspecified atom stereocenters. The summed E-state index contributed by atoms with van der Waals surface area (Å²) in [6, 6.07) is 13.1. The molecule has 2 aromatic carbocycles. The SMILES string of the molecule is BrC1=Cc2cc3ccccc3cc2C1. The normalized spacial score (nSPS) is 14.2. The zero-order chi connectivity index (χ0) is 9.54. The summed E-state index contributed by atoms with van der Waals surface area (Å²) in [5.41, 5.74) is 2.78. The van der Waals surface area contributed by atoms with E-state index in [1.165, 1.54) is 26.4 Å². The molecule has 14 heavy (non-hydrogen) atoms. The first-order valence-corrected chi connectivity index (χ1v) is 5.50. The van der Waals surface area contributed by atoms with Crippen molar-refractivity contribution in [3.8, 4) is 0 Å². The van der Waals surface area contributed by atoms with Gasteiger partial charge in [0.25, 0.3) is 0 Å². The number of halogens is 1. The van der Waals surface area contributed by atoms with Crippen molar-refractivity contribution < 1.29 is 0 Å². The van der Waals surface area contributed by atoms with Gasteiger partial charge in [0.05, 0.1) is 0 Å². The minimum Gasteiger partial charge on any atom is -0.0616 e. The van der Waals surface area contributed by atoms with Gasteiger partial charge < -0.3 is 0 Å². The van der Waals surface area contributed by atoms with Crippen LogP contribution in [0.4, 0.5) is 0 Å². The monoisotopic (exact) mass is 244 g/mol. The van der Waals surface area contributed by atoms with Crippen molar-refractivity contribution in [1.29, 1.82) is 0 Å². The molecule has 0 bridgehead atoms. The van der Waals surface area contributed by atoms with E-state index in [1.807, 2.05) is 0 Å². The van der Waals surface area contributed by atoms with Crippen LogP contribution in [0.1, 0.15) is 11.1 Å². The molecule has 3 rings (SSSR count). The molecule has 0 nitrogen and oxygen atoms in total. The fraction of sp³-hybridized carbons (Fsp3) is 0.0769. The van der Waals surface area contributed by atoms with E-state index in [0.717, 1.165) is 6.42 Å². The second-order valence-electron chi connectivity index (χ2n) is 3.67. The second kappa shape index (κ2) is 2.96. The highest BCUT2D eigenvalue weighted by Crippen LogP contribution is 2.31. The Labute approximate surface area is 91.4 Å². The highest BCUT2D eigenvalue weighted by atomic mass is 79.9. The standard InChI is InChI=1S/C13H9Br/c14-13-7-11-5-9-3-1-2-4-10(9)6-12(11)8-13/h1-7H,8H2. The minimum absolute atomic E-state index is 1.04. The van der Waals surface area contributed by atoms with Crippen LogP contribution in [0.3, 0.4) is 0 Å². The van der Waals surface area contributed by atoms with Gasteiger partial charge in [-0.3, -0.25) is 0 Å². The fourth-order valence-electron chi connectivity index (χ4n) is 1.99. The Hall–Kier alpha value is -1.08. The van der Waals surface area contributed by atoms with Gasteiger partial charge >= 0.3 is 0 Å². The molecular formula is C13H9Br. The van der Waals surface area contributed by atoms with Crippen molar-refractivity contribution in [3.05, 3.63) is 52.0 Å². The maximum absolute atomic E-state index is 3.55. The first kappa shape index (κ1) is 8.25. The van der Waals surface area contributed by atoms with Crippen LogP contribution in [0.25, 0.3) is 16.8 Å². The summed E-state index contributed by atoms with van der Waals surface area (Å²) in [5, 5.41) is 2.66. The lowest BCUT2D eigenvalue weighted by Crippen LogP contribution is -1.82. The van der Waals surface area contributed by atoms with Crippen LogP contribution in [0.15, 0.2) is 40.9 Å². The summed E-state index contributed by atoms with van der Waals surface area (Å²) < 4.78 is 1.28. The van der Waals surface area contributed by atoms with Crippen molar-refractivity contribution in [1.82, 2.24) is 0 Å². The first-order valence-electron chi connectivity index (χ1n) is 4.71. The molecular weight excluding hydrogens is 236 g/mol. The molecule has 0 N–H and O–H groups in total. The van der Waals surface area contributed by atoms with Gasteiger partial charge in [-0.25, -0.2) is 0 Å². The van der Waals surface area contributed by atoms with E-state index in [-0.39, 0.29) is 0 Å². The average molecular weight is 245 g/mol. The van der Waals surface area contributed by atoms with Crippen LogP contribution in [0.2, 0.25) is 0 Å². The van der Waals surface area contributed by atoms with Crippen molar-refractivity contribution >= 4 is 32.8 Å². The predicted molar refractivity (Wildman–Crippen MR) is 64.6 cm³/mol. The number of fused-ring (bicyclic) bond motifs is 2. The smallest absolute Gasteiger partial charge is 0.00470 e. The molecule has 0 atom stereocenters. The molecule has 1 aliphatic rings. The molecule has 2 aromatic rings. The van der Waals surface area contributed by atoms with Gasteiger partial charge in [0.15, 0.2) is 0 Å². The van der Waals surface area contributed by atoms with Gasteiger partial charge in [-0.2, -0.15) is 0 Å². The highest BCUT2D eigenvalue weighted by molar-refractivity contribution is 9.11. The molecule has 0 spiro atoms. The number of allylic oxidation sites excluding steroid dienone is 1. The third-order valence-electron chi connectivity index (χ3n) is 2.68. The molecule has 0 saturated heterocycles. The van der Waals surface area contributed by atoms with Crippen LogP contribution >= 0.6 is 15.9 Å². The largest absolute Gasteiger partial charge is 0.0616 e. The van der Waals surface area contributed by atoms with Crippen molar-refractivity contribution in [3.63, 3.8) is 0 Å². The Balaban J connectivity index is 2.33. The molecule has 68 valence electrons. The van der Waals surface area contributed by atoms with Gasteiger partial charge in [0, 0.05) is 10.9 Å². The highest BCUT2D eigenvalue weighted by Gasteiger charge is 2.10. The third kappa shape index (κ3) is 1.20. The van der Waals surface area contributed by atoms with Crippen LogP contribution in [-0.4, -0.2) is 0 Å². The molecule has 0 amide bonds. The Bertz CT molecular complexity index is 538. The van der Waals surface area contributed by atoms with E-state index in [1.54, 1.807) is 0 Å². The summed E-state index contributed by atoms with van der Waals surface area (Å²) in [5.74, 6) is 0. The van der Waals surface area contributed by atoms with Crippen LogP contribution in [-0.2, 0) is 6.42 Å². The number of hydrogen-bond donors (Lipinski definition) is 0. The third-order valence-corrected chi connectivity index (χ3v) is 3.19. The molecule has 0 radical (unpaired) electrons. The molecule has 0 aromatic heterocycles. The van der Waals surface area contributed by atoms with Gasteiger partial charge in [0.1, 0.15) is 0 Å². The summed E-state index contributed by atoms with van der Waals surface area (Å²) in [6.45, 7) is 0. The van der Waals surface area contributed by atoms with Gasteiger partial charge in [0.2, 0.25) is 0 Å². The Morgan fingerprint density at radius 1 is 1.00 bits per heavy atom. The average Bonchev–Trinajstić information content (AvgIpc) is 2.53. The van der Waals surface area contributed by atoms with E-state index in [2.05, 4.69) is 58.4 Å². The molecule has 0 aliphatic heterocycles. The quantitative estimate of drug-likeness (QED) is 0.654.